The molecular formula is C24H26O5. The predicted octanol–water partition coefficient (Wildman–Crippen LogP) is 5.19. The van der Waals surface area contributed by atoms with Gasteiger partial charge >= 0.3 is 11.6 Å². The van der Waals surface area contributed by atoms with Crippen LogP contribution in [0.2, 0.25) is 0 Å². The molecule has 0 bridgehead atoms. The lowest BCUT2D eigenvalue weighted by atomic mass is 10.0. The Morgan fingerprint density at radius 1 is 1.07 bits per heavy atom. The van der Waals surface area contributed by atoms with Crippen LogP contribution < -0.4 is 10.4 Å². The van der Waals surface area contributed by atoms with Crippen molar-refractivity contribution in [3.8, 4) is 5.75 Å². The monoisotopic (exact) mass is 394 g/mol. The zero-order valence-electron chi connectivity index (χ0n) is 17.3. The molecule has 0 spiro atoms. The molecule has 29 heavy (non-hydrogen) atoms. The van der Waals surface area contributed by atoms with E-state index in [4.69, 9.17) is 13.9 Å². The molecule has 5 heteroatoms. The van der Waals surface area contributed by atoms with E-state index in [1.165, 1.54) is 6.07 Å². The number of rotatable bonds is 7. The minimum Gasteiger partial charge on any atom is -0.494 e. The summed E-state index contributed by atoms with van der Waals surface area (Å²) < 4.78 is 16.5. The minimum absolute atomic E-state index is 0.00389. The summed E-state index contributed by atoms with van der Waals surface area (Å²) in [7, 11) is 0. The third kappa shape index (κ3) is 5.05. The standard InChI is InChI=1S/C24H26O5/c1-15(2)11-12-27-20-8-6-18(7-9-20)24(26)28-14-19-13-22(25)29-23-17(4)16(3)5-10-21(19)23/h5-10,13,15H,11-12,14H2,1-4H3. The molecule has 0 aliphatic carbocycles. The van der Waals surface area contributed by atoms with Crippen LogP contribution in [0, 0.1) is 19.8 Å². The van der Waals surface area contributed by atoms with Crippen molar-refractivity contribution in [3.63, 3.8) is 0 Å². The fraction of sp³-hybridized carbons (Fsp3) is 0.333. The molecule has 0 N–H and O–H groups in total. The van der Waals surface area contributed by atoms with Gasteiger partial charge in [-0.15, -0.1) is 0 Å². The average Bonchev–Trinajstić information content (AvgIpc) is 2.69. The molecule has 3 aromatic rings. The third-order valence-corrected chi connectivity index (χ3v) is 4.93. The van der Waals surface area contributed by atoms with E-state index in [2.05, 4.69) is 13.8 Å². The van der Waals surface area contributed by atoms with Crippen LogP contribution in [-0.2, 0) is 11.3 Å². The van der Waals surface area contributed by atoms with E-state index in [1.54, 1.807) is 24.3 Å². The average molecular weight is 394 g/mol. The van der Waals surface area contributed by atoms with Crippen LogP contribution in [0.3, 0.4) is 0 Å². The molecule has 0 aliphatic rings. The van der Waals surface area contributed by atoms with E-state index < -0.39 is 11.6 Å². The normalized spacial score (nSPS) is 11.1. The van der Waals surface area contributed by atoms with Crippen molar-refractivity contribution in [2.24, 2.45) is 5.92 Å². The second kappa shape index (κ2) is 8.95. The quantitative estimate of drug-likeness (QED) is 0.407. The van der Waals surface area contributed by atoms with Crippen LogP contribution >= 0.6 is 0 Å². The Morgan fingerprint density at radius 2 is 1.79 bits per heavy atom. The van der Waals surface area contributed by atoms with Crippen molar-refractivity contribution < 1.29 is 18.7 Å². The zero-order valence-corrected chi connectivity index (χ0v) is 17.3. The van der Waals surface area contributed by atoms with Crippen LogP contribution in [0.25, 0.3) is 11.0 Å². The first kappa shape index (κ1) is 20.6. The maximum absolute atomic E-state index is 12.4. The van der Waals surface area contributed by atoms with E-state index >= 15 is 0 Å². The summed E-state index contributed by atoms with van der Waals surface area (Å²) in [6.45, 7) is 8.79. The lowest BCUT2D eigenvalue weighted by Crippen LogP contribution is -2.08. The van der Waals surface area contributed by atoms with Crippen LogP contribution in [0.15, 0.2) is 51.7 Å². The SMILES string of the molecule is Cc1ccc2c(COC(=O)c3ccc(OCCC(C)C)cc3)cc(=O)oc2c1C. The molecule has 0 amide bonds. The van der Waals surface area contributed by atoms with Crippen LogP contribution in [0.5, 0.6) is 5.75 Å². The van der Waals surface area contributed by atoms with Gasteiger partial charge in [0.1, 0.15) is 17.9 Å². The van der Waals surface area contributed by atoms with Gasteiger partial charge in [-0.25, -0.2) is 9.59 Å². The second-order valence-corrected chi connectivity index (χ2v) is 7.61. The van der Waals surface area contributed by atoms with Crippen LogP contribution in [0.4, 0.5) is 0 Å². The Labute approximate surface area is 170 Å². The third-order valence-electron chi connectivity index (χ3n) is 4.93. The minimum atomic E-state index is -0.458. The number of benzene rings is 2. The summed E-state index contributed by atoms with van der Waals surface area (Å²) in [5.41, 5.74) is 3.07. The predicted molar refractivity (Wildman–Crippen MR) is 112 cm³/mol. The molecule has 0 atom stereocenters. The molecule has 0 radical (unpaired) electrons. The molecule has 0 fully saturated rings. The van der Waals surface area contributed by atoms with Crippen molar-refractivity contribution in [3.05, 3.63) is 75.1 Å². The van der Waals surface area contributed by atoms with E-state index in [0.717, 1.165) is 28.7 Å². The van der Waals surface area contributed by atoms with E-state index in [1.807, 2.05) is 26.0 Å². The van der Waals surface area contributed by atoms with Crippen molar-refractivity contribution >= 4 is 16.9 Å². The smallest absolute Gasteiger partial charge is 0.338 e. The highest BCUT2D eigenvalue weighted by molar-refractivity contribution is 5.90. The Hall–Kier alpha value is -3.08. The van der Waals surface area contributed by atoms with Gasteiger partial charge in [-0.3, -0.25) is 0 Å². The molecule has 1 aromatic heterocycles. The van der Waals surface area contributed by atoms with Crippen LogP contribution in [0.1, 0.15) is 47.3 Å². The Kier molecular flexibility index (Phi) is 6.37. The highest BCUT2D eigenvalue weighted by Gasteiger charge is 2.13. The van der Waals surface area contributed by atoms with Gasteiger partial charge in [0.05, 0.1) is 12.2 Å². The Morgan fingerprint density at radius 3 is 2.48 bits per heavy atom. The summed E-state index contributed by atoms with van der Waals surface area (Å²) >= 11 is 0. The van der Waals surface area contributed by atoms with Crippen molar-refractivity contribution in [2.45, 2.75) is 40.7 Å². The maximum Gasteiger partial charge on any atom is 0.338 e. The van der Waals surface area contributed by atoms with Gasteiger partial charge < -0.3 is 13.9 Å². The first-order valence-corrected chi connectivity index (χ1v) is 9.78. The Bertz CT molecular complexity index is 1060. The van der Waals surface area contributed by atoms with Crippen LogP contribution in [-0.4, -0.2) is 12.6 Å². The molecule has 0 saturated heterocycles. The fourth-order valence-corrected chi connectivity index (χ4v) is 2.97. The molecule has 0 unspecified atom stereocenters. The molecule has 5 nitrogen and oxygen atoms in total. The number of hydrogen-bond acceptors (Lipinski definition) is 5. The van der Waals surface area contributed by atoms with Gasteiger partial charge in [0.25, 0.3) is 0 Å². The number of ether oxygens (including phenoxy) is 2. The van der Waals surface area contributed by atoms with Gasteiger partial charge in [-0.2, -0.15) is 0 Å². The number of carbonyl (C=O) groups excluding carboxylic acids is 1. The fourth-order valence-electron chi connectivity index (χ4n) is 2.97. The van der Waals surface area contributed by atoms with E-state index in [0.29, 0.717) is 29.2 Å². The van der Waals surface area contributed by atoms with Crippen molar-refractivity contribution in [2.75, 3.05) is 6.61 Å². The number of hydrogen-bond donors (Lipinski definition) is 0. The topological polar surface area (TPSA) is 65.7 Å². The number of carbonyl (C=O) groups is 1. The van der Waals surface area contributed by atoms with Gasteiger partial charge in [0.15, 0.2) is 0 Å². The lowest BCUT2D eigenvalue weighted by Gasteiger charge is -2.10. The number of aryl methyl sites for hydroxylation is 2. The Balaban J connectivity index is 1.69. The zero-order chi connectivity index (χ0) is 21.0. The van der Waals surface area contributed by atoms with Gasteiger partial charge in [0.2, 0.25) is 0 Å². The van der Waals surface area contributed by atoms with Gasteiger partial charge in [-0.05, 0) is 61.6 Å². The van der Waals surface area contributed by atoms with Gasteiger partial charge in [-0.1, -0.05) is 26.0 Å². The molecule has 152 valence electrons. The van der Waals surface area contributed by atoms with E-state index in [9.17, 15) is 9.59 Å². The first-order chi connectivity index (χ1) is 13.8. The van der Waals surface area contributed by atoms with Crippen molar-refractivity contribution in [1.82, 2.24) is 0 Å². The molecule has 1 heterocycles. The highest BCUT2D eigenvalue weighted by Crippen LogP contribution is 2.24. The largest absolute Gasteiger partial charge is 0.494 e. The maximum atomic E-state index is 12.4. The molecule has 0 aliphatic heterocycles. The summed E-state index contributed by atoms with van der Waals surface area (Å²) in [5, 5.41) is 0.773. The summed E-state index contributed by atoms with van der Waals surface area (Å²) in [4.78, 5) is 24.3. The number of fused-ring (bicyclic) bond motifs is 1. The molecular weight excluding hydrogens is 368 g/mol. The van der Waals surface area contributed by atoms with Crippen molar-refractivity contribution in [1.29, 1.82) is 0 Å². The molecule has 2 aromatic carbocycles. The van der Waals surface area contributed by atoms with Gasteiger partial charge in [0, 0.05) is 17.0 Å². The summed E-state index contributed by atoms with van der Waals surface area (Å²) in [6, 6.07) is 12.1. The highest BCUT2D eigenvalue weighted by atomic mass is 16.5. The lowest BCUT2D eigenvalue weighted by molar-refractivity contribution is 0.0474. The summed E-state index contributed by atoms with van der Waals surface area (Å²) in [6.07, 6.45) is 0.974. The number of esters is 1. The molecule has 3 rings (SSSR count). The first-order valence-electron chi connectivity index (χ1n) is 9.78. The summed E-state index contributed by atoms with van der Waals surface area (Å²) in [5.74, 6) is 0.845. The molecule has 0 saturated carbocycles. The van der Waals surface area contributed by atoms with E-state index in [-0.39, 0.29) is 6.61 Å². The second-order valence-electron chi connectivity index (χ2n) is 7.61.